The normalized spacial score (nSPS) is 14.8. The van der Waals surface area contributed by atoms with E-state index < -0.39 is 0 Å². The molecular weight excluding hydrogens is 501 g/mol. The van der Waals surface area contributed by atoms with Crippen LogP contribution in [-0.4, -0.2) is 71.7 Å². The summed E-state index contributed by atoms with van der Waals surface area (Å²) >= 11 is 0. The van der Waals surface area contributed by atoms with E-state index in [-0.39, 0.29) is 34.6 Å². The van der Waals surface area contributed by atoms with E-state index in [1.807, 2.05) is 13.0 Å². The van der Waals surface area contributed by atoms with Gasteiger partial charge in [0.15, 0.2) is 5.96 Å². The van der Waals surface area contributed by atoms with Crippen LogP contribution >= 0.6 is 24.0 Å². The van der Waals surface area contributed by atoms with Crippen molar-refractivity contribution in [1.29, 1.82) is 0 Å². The van der Waals surface area contributed by atoms with E-state index in [2.05, 4.69) is 30.6 Å². The zero-order valence-corrected chi connectivity index (χ0v) is 19.3. The molecule has 1 fully saturated rings. The highest BCUT2D eigenvalue weighted by atomic mass is 127. The van der Waals surface area contributed by atoms with Crippen LogP contribution in [0.5, 0.6) is 0 Å². The fourth-order valence-electron chi connectivity index (χ4n) is 3.23. The molecule has 3 rings (SSSR count). The maximum atomic E-state index is 11.1. The first-order chi connectivity index (χ1) is 14.2. The average Bonchev–Trinajstić information content (AvgIpc) is 3.24. The smallest absolute Gasteiger partial charge is 0.292 e. The van der Waals surface area contributed by atoms with E-state index >= 15 is 0 Å². The molecule has 2 aromatic rings. The molecule has 1 aromatic heterocycles. The van der Waals surface area contributed by atoms with Gasteiger partial charge in [-0.25, -0.2) is 0 Å². The summed E-state index contributed by atoms with van der Waals surface area (Å²) < 4.78 is 4.90. The molecule has 11 heteroatoms. The highest BCUT2D eigenvalue weighted by molar-refractivity contribution is 14.0. The first kappa shape index (κ1) is 23.9. The van der Waals surface area contributed by atoms with Crippen LogP contribution in [0, 0.1) is 10.1 Å². The minimum Gasteiger partial charge on any atom is -0.378 e. The summed E-state index contributed by atoms with van der Waals surface area (Å²) in [6, 6.07) is 8.53. The largest absolute Gasteiger partial charge is 0.378 e. The van der Waals surface area contributed by atoms with Crippen molar-refractivity contribution in [1.82, 2.24) is 20.3 Å². The molecule has 2 heterocycles. The number of nitro groups is 1. The molecule has 10 nitrogen and oxygen atoms in total. The topological polar surface area (TPSA) is 112 Å². The van der Waals surface area contributed by atoms with Crippen LogP contribution in [0.1, 0.15) is 12.6 Å². The molecule has 0 spiro atoms. The van der Waals surface area contributed by atoms with Crippen molar-refractivity contribution in [2.24, 2.45) is 4.99 Å². The molecule has 0 radical (unpaired) electrons. The van der Waals surface area contributed by atoms with Gasteiger partial charge in [0.05, 0.1) is 17.2 Å². The van der Waals surface area contributed by atoms with Crippen LogP contribution in [0.3, 0.4) is 0 Å². The molecule has 1 saturated heterocycles. The number of para-hydroxylation sites is 2. The molecule has 1 aliphatic rings. The molecule has 0 saturated carbocycles. The van der Waals surface area contributed by atoms with E-state index in [0.717, 1.165) is 50.9 Å². The van der Waals surface area contributed by atoms with Gasteiger partial charge in [0.2, 0.25) is 0 Å². The van der Waals surface area contributed by atoms with Crippen LogP contribution in [0.25, 0.3) is 0 Å². The minimum atomic E-state index is -0.381. The maximum absolute atomic E-state index is 11.1. The summed E-state index contributed by atoms with van der Waals surface area (Å²) in [6.45, 7) is 8.26. The monoisotopic (exact) mass is 529 g/mol. The van der Waals surface area contributed by atoms with Gasteiger partial charge in [-0.05, 0) is 13.0 Å². The number of nitrogens with one attached hydrogen (secondary N) is 2. The van der Waals surface area contributed by atoms with Crippen molar-refractivity contribution in [3.63, 3.8) is 0 Å². The van der Waals surface area contributed by atoms with Gasteiger partial charge in [-0.3, -0.25) is 20.0 Å². The van der Waals surface area contributed by atoms with Gasteiger partial charge in [0.1, 0.15) is 12.0 Å². The zero-order chi connectivity index (χ0) is 20.5. The third-order valence-electron chi connectivity index (χ3n) is 4.67. The Morgan fingerprint density at radius 3 is 2.70 bits per heavy atom. The first-order valence-corrected chi connectivity index (χ1v) is 9.79. The maximum Gasteiger partial charge on any atom is 0.292 e. The van der Waals surface area contributed by atoms with Crippen LogP contribution in [-0.2, 0) is 6.54 Å². The van der Waals surface area contributed by atoms with Crippen LogP contribution in [0.15, 0.2) is 46.1 Å². The Balaban J connectivity index is 0.00000320. The van der Waals surface area contributed by atoms with Crippen LogP contribution < -0.4 is 10.6 Å². The van der Waals surface area contributed by atoms with Gasteiger partial charge < -0.3 is 20.1 Å². The van der Waals surface area contributed by atoms with Crippen LogP contribution in [0.2, 0.25) is 0 Å². The third kappa shape index (κ3) is 6.83. The van der Waals surface area contributed by atoms with Crippen LogP contribution in [0.4, 0.5) is 11.4 Å². The second kappa shape index (κ2) is 12.3. The van der Waals surface area contributed by atoms with E-state index in [9.17, 15) is 10.1 Å². The number of benzene rings is 1. The van der Waals surface area contributed by atoms with Gasteiger partial charge in [0, 0.05) is 57.9 Å². The quantitative estimate of drug-likeness (QED) is 0.134. The van der Waals surface area contributed by atoms with Crippen molar-refractivity contribution < 1.29 is 9.45 Å². The standard InChI is InChI=1S/C19H27N7O3.HI/c1-2-20-19(22-9-8-21-17-5-3-4-6-18(17)26(27)28)25-12-10-24(11-13-25)15-16-7-14-29-23-16;/h3-7,14,21H,2,8-13,15H2,1H3,(H,20,22);1H. The molecule has 1 aromatic carbocycles. The highest BCUT2D eigenvalue weighted by Crippen LogP contribution is 2.22. The Morgan fingerprint density at radius 2 is 2.03 bits per heavy atom. The second-order valence-electron chi connectivity index (χ2n) is 6.69. The Labute approximate surface area is 192 Å². The lowest BCUT2D eigenvalue weighted by atomic mass is 10.2. The molecule has 0 aliphatic carbocycles. The number of halogens is 1. The molecule has 0 atom stereocenters. The number of hydrogen-bond acceptors (Lipinski definition) is 7. The molecule has 0 unspecified atom stereocenters. The number of piperazine rings is 1. The van der Waals surface area contributed by atoms with E-state index in [1.165, 1.54) is 6.07 Å². The molecule has 164 valence electrons. The summed E-state index contributed by atoms with van der Waals surface area (Å²) in [5.74, 6) is 0.873. The van der Waals surface area contributed by atoms with Crippen molar-refractivity contribution in [2.45, 2.75) is 13.5 Å². The second-order valence-corrected chi connectivity index (χ2v) is 6.69. The van der Waals surface area contributed by atoms with Gasteiger partial charge in [-0.1, -0.05) is 17.3 Å². The SMILES string of the molecule is CCNC(=NCCNc1ccccc1[N+](=O)[O-])N1CCN(Cc2ccon2)CC1.I. The number of aromatic nitrogens is 1. The van der Waals surface area contributed by atoms with Crippen molar-refractivity contribution in [2.75, 3.05) is 51.1 Å². The number of aliphatic imine (C=N–C) groups is 1. The zero-order valence-electron chi connectivity index (χ0n) is 17.0. The van der Waals surface area contributed by atoms with Gasteiger partial charge >= 0.3 is 0 Å². The minimum absolute atomic E-state index is 0. The van der Waals surface area contributed by atoms with Crippen molar-refractivity contribution in [3.8, 4) is 0 Å². The number of anilines is 1. The van der Waals surface area contributed by atoms with Gasteiger partial charge in [-0.15, -0.1) is 24.0 Å². The third-order valence-corrected chi connectivity index (χ3v) is 4.67. The molecule has 0 amide bonds. The first-order valence-electron chi connectivity index (χ1n) is 9.79. The lowest BCUT2D eigenvalue weighted by Crippen LogP contribution is -2.52. The fraction of sp³-hybridized carbons (Fsp3) is 0.474. The number of rotatable bonds is 8. The number of nitrogens with zero attached hydrogens (tertiary/aromatic N) is 5. The summed E-state index contributed by atoms with van der Waals surface area (Å²) in [7, 11) is 0. The number of nitro benzene ring substituents is 1. The van der Waals surface area contributed by atoms with E-state index in [1.54, 1.807) is 24.5 Å². The molecule has 0 bridgehead atoms. The summed E-state index contributed by atoms with van der Waals surface area (Å²) in [6.07, 6.45) is 1.60. The lowest BCUT2D eigenvalue weighted by molar-refractivity contribution is -0.384. The Hall–Kier alpha value is -2.41. The van der Waals surface area contributed by atoms with E-state index in [4.69, 9.17) is 4.52 Å². The fourth-order valence-corrected chi connectivity index (χ4v) is 3.23. The average molecular weight is 529 g/mol. The van der Waals surface area contributed by atoms with Gasteiger partial charge in [0.25, 0.3) is 5.69 Å². The molecular formula is C19H28IN7O3. The Morgan fingerprint density at radius 1 is 1.27 bits per heavy atom. The van der Waals surface area contributed by atoms with Gasteiger partial charge in [-0.2, -0.15) is 0 Å². The molecule has 2 N–H and O–H groups in total. The Kier molecular flexibility index (Phi) is 9.80. The Bertz CT molecular complexity index is 808. The summed E-state index contributed by atoms with van der Waals surface area (Å²) in [4.78, 5) is 20.0. The summed E-state index contributed by atoms with van der Waals surface area (Å²) in [5.41, 5.74) is 1.53. The predicted octanol–water partition coefficient (Wildman–Crippen LogP) is 2.40. The highest BCUT2D eigenvalue weighted by Gasteiger charge is 2.20. The molecule has 30 heavy (non-hydrogen) atoms. The van der Waals surface area contributed by atoms with Crippen molar-refractivity contribution in [3.05, 3.63) is 52.4 Å². The number of hydrogen-bond donors (Lipinski definition) is 2. The summed E-state index contributed by atoms with van der Waals surface area (Å²) in [5, 5.41) is 21.5. The molecule has 1 aliphatic heterocycles. The number of guanidine groups is 1. The predicted molar refractivity (Wildman–Crippen MR) is 126 cm³/mol. The van der Waals surface area contributed by atoms with Crippen molar-refractivity contribution >= 4 is 41.3 Å². The van der Waals surface area contributed by atoms with E-state index in [0.29, 0.717) is 18.8 Å². The lowest BCUT2D eigenvalue weighted by Gasteiger charge is -2.36.